The van der Waals surface area contributed by atoms with Crippen LogP contribution in [-0.2, 0) is 12.7 Å². The molecular weight excluding hydrogens is 389 g/mol. The van der Waals surface area contributed by atoms with E-state index in [2.05, 4.69) is 5.32 Å². The summed E-state index contributed by atoms with van der Waals surface area (Å²) in [6.45, 7) is 1.31. The molecule has 0 saturated carbocycles. The Hall–Kier alpha value is -2.73. The molecule has 0 saturated heterocycles. The normalized spacial score (nSPS) is 11.5. The van der Waals surface area contributed by atoms with E-state index in [0.29, 0.717) is 16.1 Å². The molecule has 28 heavy (non-hydrogen) atoms. The van der Waals surface area contributed by atoms with Crippen molar-refractivity contribution in [3.8, 4) is 11.1 Å². The molecule has 0 aliphatic carbocycles. The van der Waals surface area contributed by atoms with Gasteiger partial charge < -0.3 is 9.88 Å². The van der Waals surface area contributed by atoms with E-state index in [-0.39, 0.29) is 23.4 Å². The van der Waals surface area contributed by atoms with Crippen LogP contribution in [0.5, 0.6) is 0 Å². The SMILES string of the molecule is CNC(=O)c1c(-c2ccc(Cl)cc2)c(C)c(C(F)(F)F)n1Cc1ccccc1. The summed E-state index contributed by atoms with van der Waals surface area (Å²) in [6.07, 6.45) is -4.62. The number of benzene rings is 2. The van der Waals surface area contributed by atoms with Crippen molar-refractivity contribution >= 4 is 17.5 Å². The molecule has 3 rings (SSSR count). The number of amides is 1. The van der Waals surface area contributed by atoms with E-state index < -0.39 is 17.8 Å². The van der Waals surface area contributed by atoms with E-state index in [0.717, 1.165) is 4.57 Å². The van der Waals surface area contributed by atoms with E-state index in [1.54, 1.807) is 54.6 Å². The molecule has 0 aliphatic heterocycles. The van der Waals surface area contributed by atoms with E-state index in [9.17, 15) is 18.0 Å². The third-order valence-corrected chi connectivity index (χ3v) is 4.79. The van der Waals surface area contributed by atoms with Crippen molar-refractivity contribution in [2.75, 3.05) is 7.05 Å². The topological polar surface area (TPSA) is 34.0 Å². The van der Waals surface area contributed by atoms with Crippen LogP contribution in [0.15, 0.2) is 54.6 Å². The van der Waals surface area contributed by atoms with Gasteiger partial charge in [-0.3, -0.25) is 4.79 Å². The second-order valence-electron chi connectivity index (χ2n) is 6.35. The Morgan fingerprint density at radius 1 is 1.07 bits per heavy atom. The second kappa shape index (κ2) is 7.72. The molecule has 1 N–H and O–H groups in total. The summed E-state index contributed by atoms with van der Waals surface area (Å²) in [4.78, 5) is 12.7. The molecule has 0 fully saturated rings. The van der Waals surface area contributed by atoms with Gasteiger partial charge in [-0.1, -0.05) is 54.1 Å². The fourth-order valence-corrected chi connectivity index (χ4v) is 3.49. The highest BCUT2D eigenvalue weighted by molar-refractivity contribution is 6.30. The van der Waals surface area contributed by atoms with E-state index in [1.807, 2.05) is 0 Å². The number of halogens is 4. The molecule has 1 aromatic heterocycles. The fourth-order valence-electron chi connectivity index (χ4n) is 3.36. The first-order chi connectivity index (χ1) is 13.2. The van der Waals surface area contributed by atoms with Gasteiger partial charge in [0.1, 0.15) is 11.4 Å². The third kappa shape index (κ3) is 3.78. The van der Waals surface area contributed by atoms with Crippen molar-refractivity contribution in [3.05, 3.63) is 82.1 Å². The van der Waals surface area contributed by atoms with Crippen LogP contribution >= 0.6 is 11.6 Å². The first-order valence-electron chi connectivity index (χ1n) is 8.56. The molecule has 0 unspecified atom stereocenters. The lowest BCUT2D eigenvalue weighted by Crippen LogP contribution is -2.25. The Bertz CT molecular complexity index is 993. The number of nitrogens with one attached hydrogen (secondary N) is 1. The summed E-state index contributed by atoms with van der Waals surface area (Å²) in [5, 5.41) is 2.93. The zero-order chi connectivity index (χ0) is 20.5. The quantitative estimate of drug-likeness (QED) is 0.606. The van der Waals surface area contributed by atoms with Crippen molar-refractivity contribution < 1.29 is 18.0 Å². The lowest BCUT2D eigenvalue weighted by atomic mass is 10.0. The molecule has 0 spiro atoms. The van der Waals surface area contributed by atoms with Crippen molar-refractivity contribution in [1.29, 1.82) is 0 Å². The van der Waals surface area contributed by atoms with Gasteiger partial charge in [0.05, 0.1) is 0 Å². The number of nitrogens with zero attached hydrogens (tertiary/aromatic N) is 1. The van der Waals surface area contributed by atoms with Crippen LogP contribution in [-0.4, -0.2) is 17.5 Å². The second-order valence-corrected chi connectivity index (χ2v) is 6.79. The maximum atomic E-state index is 14.0. The fraction of sp³-hybridized carbons (Fsp3) is 0.190. The Morgan fingerprint density at radius 2 is 1.68 bits per heavy atom. The minimum atomic E-state index is -4.62. The van der Waals surface area contributed by atoms with E-state index in [1.165, 1.54) is 14.0 Å². The summed E-state index contributed by atoms with van der Waals surface area (Å²) < 4.78 is 43.0. The molecule has 0 radical (unpaired) electrons. The molecular formula is C21H18ClF3N2O. The number of carbonyl (C=O) groups is 1. The predicted octanol–water partition coefficient (Wildman–Crippen LogP) is 5.54. The van der Waals surface area contributed by atoms with Gasteiger partial charge in [0.2, 0.25) is 0 Å². The van der Waals surface area contributed by atoms with Crippen LogP contribution < -0.4 is 5.32 Å². The predicted molar refractivity (Wildman–Crippen MR) is 104 cm³/mol. The largest absolute Gasteiger partial charge is 0.431 e. The van der Waals surface area contributed by atoms with Gasteiger partial charge in [-0.2, -0.15) is 13.2 Å². The van der Waals surface area contributed by atoms with Gasteiger partial charge in [-0.15, -0.1) is 0 Å². The van der Waals surface area contributed by atoms with Gasteiger partial charge in [-0.05, 0) is 35.7 Å². The molecule has 0 aliphatic rings. The highest BCUT2D eigenvalue weighted by atomic mass is 35.5. The van der Waals surface area contributed by atoms with Gasteiger partial charge in [0, 0.05) is 24.2 Å². The molecule has 146 valence electrons. The minimum Gasteiger partial charge on any atom is -0.354 e. The van der Waals surface area contributed by atoms with Gasteiger partial charge in [0.25, 0.3) is 5.91 Å². The highest BCUT2D eigenvalue weighted by Crippen LogP contribution is 2.41. The number of hydrogen-bond acceptors (Lipinski definition) is 1. The Kier molecular flexibility index (Phi) is 5.52. The zero-order valence-electron chi connectivity index (χ0n) is 15.3. The number of rotatable bonds is 4. The molecule has 0 atom stereocenters. The molecule has 7 heteroatoms. The summed E-state index contributed by atoms with van der Waals surface area (Å²) in [5.41, 5.74) is 0.552. The van der Waals surface area contributed by atoms with Crippen molar-refractivity contribution in [3.63, 3.8) is 0 Å². The van der Waals surface area contributed by atoms with Crippen LogP contribution in [0.3, 0.4) is 0 Å². The standard InChI is InChI=1S/C21H18ClF3N2O/c1-13-17(15-8-10-16(22)11-9-15)18(20(28)26-2)27(19(13)21(23,24)25)12-14-6-4-3-5-7-14/h3-11H,12H2,1-2H3,(H,26,28). The first kappa shape index (κ1) is 20.0. The summed E-state index contributed by atoms with van der Waals surface area (Å²) in [7, 11) is 1.40. The summed E-state index contributed by atoms with van der Waals surface area (Å²) in [6, 6.07) is 15.1. The van der Waals surface area contributed by atoms with Crippen LogP contribution in [0.1, 0.15) is 27.3 Å². The van der Waals surface area contributed by atoms with E-state index >= 15 is 0 Å². The smallest absolute Gasteiger partial charge is 0.354 e. The number of carbonyl (C=O) groups excluding carboxylic acids is 1. The van der Waals surface area contributed by atoms with Gasteiger partial charge in [-0.25, -0.2) is 0 Å². The summed E-state index contributed by atoms with van der Waals surface area (Å²) in [5.74, 6) is -0.584. The maximum Gasteiger partial charge on any atom is 0.431 e. The van der Waals surface area contributed by atoms with Crippen LogP contribution in [0, 0.1) is 6.92 Å². The summed E-state index contributed by atoms with van der Waals surface area (Å²) >= 11 is 5.92. The average Bonchev–Trinajstić information content (AvgIpc) is 2.94. The minimum absolute atomic E-state index is 0.00403. The van der Waals surface area contributed by atoms with Crippen LogP contribution in [0.2, 0.25) is 5.02 Å². The van der Waals surface area contributed by atoms with Crippen molar-refractivity contribution in [2.45, 2.75) is 19.6 Å². The molecule has 1 amide bonds. The number of hydrogen-bond donors (Lipinski definition) is 1. The molecule has 0 bridgehead atoms. The Labute approximate surface area is 165 Å². The maximum absolute atomic E-state index is 14.0. The first-order valence-corrected chi connectivity index (χ1v) is 8.94. The average molecular weight is 407 g/mol. The van der Waals surface area contributed by atoms with Gasteiger partial charge >= 0.3 is 6.18 Å². The lowest BCUT2D eigenvalue weighted by Gasteiger charge is -2.16. The molecule has 1 heterocycles. The molecule has 3 aromatic rings. The Morgan fingerprint density at radius 3 is 2.21 bits per heavy atom. The highest BCUT2D eigenvalue weighted by Gasteiger charge is 2.40. The van der Waals surface area contributed by atoms with Crippen LogP contribution in [0.25, 0.3) is 11.1 Å². The Balaban J connectivity index is 2.33. The monoisotopic (exact) mass is 406 g/mol. The lowest BCUT2D eigenvalue weighted by molar-refractivity contribution is -0.143. The van der Waals surface area contributed by atoms with Gasteiger partial charge in [0.15, 0.2) is 0 Å². The van der Waals surface area contributed by atoms with Crippen LogP contribution in [0.4, 0.5) is 13.2 Å². The molecule has 3 nitrogen and oxygen atoms in total. The van der Waals surface area contributed by atoms with Crippen molar-refractivity contribution in [1.82, 2.24) is 9.88 Å². The molecule has 2 aromatic carbocycles. The number of aromatic nitrogens is 1. The third-order valence-electron chi connectivity index (χ3n) is 4.53. The zero-order valence-corrected chi connectivity index (χ0v) is 16.0. The van der Waals surface area contributed by atoms with E-state index in [4.69, 9.17) is 11.6 Å². The van der Waals surface area contributed by atoms with Crippen molar-refractivity contribution in [2.24, 2.45) is 0 Å². The number of alkyl halides is 3.